The fraction of sp³-hybridized carbons (Fsp3) is 0.333. The standard InChI is InChI=1S/C21H23FN4/c1-25-9-7-15(8-10-25)17-11-20(16-3-5-19(22)6-4-16)21(23-12-17)18-13-24-26(2)14-18/h3-6,11-15H,7-10H2,1-2H3. The minimum atomic E-state index is -0.226. The highest BCUT2D eigenvalue weighted by Gasteiger charge is 2.21. The van der Waals surface area contributed by atoms with Crippen molar-refractivity contribution in [2.24, 2.45) is 7.05 Å². The molecule has 3 aromatic rings. The lowest BCUT2D eigenvalue weighted by molar-refractivity contribution is 0.255. The molecule has 5 heteroatoms. The number of rotatable bonds is 3. The zero-order valence-electron chi connectivity index (χ0n) is 15.2. The summed E-state index contributed by atoms with van der Waals surface area (Å²) in [6, 6.07) is 8.89. The van der Waals surface area contributed by atoms with Crippen LogP contribution in [0.4, 0.5) is 4.39 Å². The van der Waals surface area contributed by atoms with Crippen molar-refractivity contribution in [2.75, 3.05) is 20.1 Å². The fourth-order valence-electron chi connectivity index (χ4n) is 3.67. The van der Waals surface area contributed by atoms with E-state index in [-0.39, 0.29) is 5.82 Å². The Kier molecular flexibility index (Phi) is 4.55. The lowest BCUT2D eigenvalue weighted by atomic mass is 9.88. The average molecular weight is 350 g/mol. The van der Waals surface area contributed by atoms with Crippen molar-refractivity contribution in [1.29, 1.82) is 0 Å². The van der Waals surface area contributed by atoms with Crippen molar-refractivity contribution >= 4 is 0 Å². The van der Waals surface area contributed by atoms with Gasteiger partial charge in [-0.25, -0.2) is 4.39 Å². The molecular weight excluding hydrogens is 327 g/mol. The van der Waals surface area contributed by atoms with Crippen molar-refractivity contribution in [3.05, 3.63) is 60.3 Å². The molecule has 0 bridgehead atoms. The molecule has 1 fully saturated rings. The van der Waals surface area contributed by atoms with Crippen LogP contribution in [0.5, 0.6) is 0 Å². The molecule has 0 aliphatic carbocycles. The van der Waals surface area contributed by atoms with Gasteiger partial charge in [0.2, 0.25) is 0 Å². The van der Waals surface area contributed by atoms with Crippen LogP contribution in [0.25, 0.3) is 22.4 Å². The second-order valence-corrected chi connectivity index (χ2v) is 7.15. The summed E-state index contributed by atoms with van der Waals surface area (Å²) in [6.07, 6.45) is 8.08. The average Bonchev–Trinajstić information content (AvgIpc) is 3.09. The van der Waals surface area contributed by atoms with Gasteiger partial charge in [0.15, 0.2) is 0 Å². The third-order valence-electron chi connectivity index (χ3n) is 5.23. The van der Waals surface area contributed by atoms with Gasteiger partial charge in [-0.15, -0.1) is 0 Å². The minimum absolute atomic E-state index is 0.226. The van der Waals surface area contributed by atoms with Gasteiger partial charge >= 0.3 is 0 Å². The van der Waals surface area contributed by atoms with Gasteiger partial charge < -0.3 is 4.90 Å². The Morgan fingerprint density at radius 3 is 2.38 bits per heavy atom. The zero-order chi connectivity index (χ0) is 18.1. The lowest BCUT2D eigenvalue weighted by Crippen LogP contribution is -2.29. The van der Waals surface area contributed by atoms with Gasteiger partial charge in [-0.05, 0) is 68.2 Å². The molecule has 1 aliphatic rings. The smallest absolute Gasteiger partial charge is 0.123 e. The summed E-state index contributed by atoms with van der Waals surface area (Å²) in [5.74, 6) is 0.303. The molecule has 0 radical (unpaired) electrons. The summed E-state index contributed by atoms with van der Waals surface area (Å²) in [4.78, 5) is 7.16. The zero-order valence-corrected chi connectivity index (χ0v) is 15.2. The molecule has 1 saturated heterocycles. The molecule has 0 N–H and O–H groups in total. The predicted octanol–water partition coefficient (Wildman–Crippen LogP) is 4.10. The van der Waals surface area contributed by atoms with Gasteiger partial charge in [0.25, 0.3) is 0 Å². The van der Waals surface area contributed by atoms with Crippen LogP contribution in [0.1, 0.15) is 24.3 Å². The Labute approximate surface area is 153 Å². The first kappa shape index (κ1) is 16.9. The Hall–Kier alpha value is -2.53. The van der Waals surface area contributed by atoms with Gasteiger partial charge in [0.1, 0.15) is 5.82 Å². The minimum Gasteiger partial charge on any atom is -0.306 e. The first-order valence-electron chi connectivity index (χ1n) is 9.03. The second-order valence-electron chi connectivity index (χ2n) is 7.15. The number of hydrogen-bond donors (Lipinski definition) is 0. The van der Waals surface area contributed by atoms with E-state index in [0.29, 0.717) is 5.92 Å². The first-order chi connectivity index (χ1) is 12.6. The normalized spacial score (nSPS) is 16.1. The molecular formula is C21H23FN4. The van der Waals surface area contributed by atoms with Gasteiger partial charge in [-0.1, -0.05) is 12.1 Å². The van der Waals surface area contributed by atoms with E-state index in [4.69, 9.17) is 4.98 Å². The number of piperidine rings is 1. The highest BCUT2D eigenvalue weighted by Crippen LogP contribution is 2.35. The molecule has 2 aromatic heterocycles. The van der Waals surface area contributed by atoms with Crippen LogP contribution in [0.2, 0.25) is 0 Å². The number of aromatic nitrogens is 3. The molecule has 4 rings (SSSR count). The van der Waals surface area contributed by atoms with E-state index in [2.05, 4.69) is 23.1 Å². The molecule has 4 nitrogen and oxygen atoms in total. The summed E-state index contributed by atoms with van der Waals surface area (Å²) in [5, 5.41) is 4.27. The van der Waals surface area contributed by atoms with Crippen LogP contribution in [0.15, 0.2) is 48.9 Å². The predicted molar refractivity (Wildman–Crippen MR) is 101 cm³/mol. The molecule has 0 atom stereocenters. The topological polar surface area (TPSA) is 34.0 Å². The third kappa shape index (κ3) is 3.40. The molecule has 0 saturated carbocycles. The fourth-order valence-corrected chi connectivity index (χ4v) is 3.67. The Bertz CT molecular complexity index is 893. The summed E-state index contributed by atoms with van der Waals surface area (Å²) < 4.78 is 15.2. The molecule has 0 spiro atoms. The second kappa shape index (κ2) is 7.00. The number of likely N-dealkylation sites (tertiary alicyclic amines) is 1. The van der Waals surface area contributed by atoms with Crippen molar-refractivity contribution in [1.82, 2.24) is 19.7 Å². The Balaban J connectivity index is 1.78. The van der Waals surface area contributed by atoms with Crippen LogP contribution in [0, 0.1) is 5.82 Å². The number of hydrogen-bond acceptors (Lipinski definition) is 3. The van der Waals surface area contributed by atoms with E-state index in [1.807, 2.05) is 37.8 Å². The van der Waals surface area contributed by atoms with E-state index < -0.39 is 0 Å². The molecule has 26 heavy (non-hydrogen) atoms. The number of pyridine rings is 1. The quantitative estimate of drug-likeness (QED) is 0.713. The van der Waals surface area contributed by atoms with Crippen molar-refractivity contribution in [2.45, 2.75) is 18.8 Å². The van der Waals surface area contributed by atoms with E-state index in [0.717, 1.165) is 48.3 Å². The van der Waals surface area contributed by atoms with E-state index in [1.165, 1.54) is 17.7 Å². The molecule has 1 aliphatic heterocycles. The molecule has 3 heterocycles. The van der Waals surface area contributed by atoms with E-state index in [1.54, 1.807) is 4.68 Å². The molecule has 1 aromatic carbocycles. The van der Waals surface area contributed by atoms with Crippen LogP contribution in [-0.2, 0) is 7.05 Å². The van der Waals surface area contributed by atoms with Gasteiger partial charge in [-0.2, -0.15) is 5.10 Å². The number of halogens is 1. The number of nitrogens with zero attached hydrogens (tertiary/aromatic N) is 4. The summed E-state index contributed by atoms with van der Waals surface area (Å²) in [6.45, 7) is 2.22. The summed E-state index contributed by atoms with van der Waals surface area (Å²) in [7, 11) is 4.07. The monoisotopic (exact) mass is 350 g/mol. The summed E-state index contributed by atoms with van der Waals surface area (Å²) in [5.41, 5.74) is 5.15. The maximum absolute atomic E-state index is 13.4. The highest BCUT2D eigenvalue weighted by molar-refractivity contribution is 5.80. The Morgan fingerprint density at radius 1 is 1.00 bits per heavy atom. The van der Waals surface area contributed by atoms with Crippen LogP contribution >= 0.6 is 0 Å². The number of aryl methyl sites for hydroxylation is 1. The molecule has 134 valence electrons. The summed E-state index contributed by atoms with van der Waals surface area (Å²) >= 11 is 0. The maximum Gasteiger partial charge on any atom is 0.123 e. The first-order valence-corrected chi connectivity index (χ1v) is 9.03. The van der Waals surface area contributed by atoms with Crippen molar-refractivity contribution in [3.8, 4) is 22.4 Å². The highest BCUT2D eigenvalue weighted by atomic mass is 19.1. The van der Waals surface area contributed by atoms with Crippen molar-refractivity contribution in [3.63, 3.8) is 0 Å². The Morgan fingerprint density at radius 2 is 1.73 bits per heavy atom. The van der Waals surface area contributed by atoms with E-state index >= 15 is 0 Å². The lowest BCUT2D eigenvalue weighted by Gasteiger charge is -2.29. The van der Waals surface area contributed by atoms with Crippen molar-refractivity contribution < 1.29 is 4.39 Å². The maximum atomic E-state index is 13.4. The number of benzene rings is 1. The van der Waals surface area contributed by atoms with Gasteiger partial charge in [0.05, 0.1) is 11.9 Å². The third-order valence-corrected chi connectivity index (χ3v) is 5.23. The van der Waals surface area contributed by atoms with E-state index in [9.17, 15) is 4.39 Å². The van der Waals surface area contributed by atoms with Gasteiger partial charge in [0, 0.05) is 30.6 Å². The van der Waals surface area contributed by atoms with Crippen LogP contribution < -0.4 is 0 Å². The molecule has 0 amide bonds. The largest absolute Gasteiger partial charge is 0.306 e. The SMILES string of the molecule is CN1CCC(c2cnc(-c3cnn(C)c3)c(-c3ccc(F)cc3)c2)CC1. The van der Waals surface area contributed by atoms with Crippen LogP contribution in [-0.4, -0.2) is 39.8 Å². The van der Waals surface area contributed by atoms with Gasteiger partial charge in [-0.3, -0.25) is 9.67 Å². The van der Waals surface area contributed by atoms with Crippen LogP contribution in [0.3, 0.4) is 0 Å². The molecule has 0 unspecified atom stereocenters.